The van der Waals surface area contributed by atoms with E-state index in [-0.39, 0.29) is 5.69 Å². The molecule has 0 fully saturated rings. The van der Waals surface area contributed by atoms with Crippen LogP contribution in [0.15, 0.2) is 24.4 Å². The highest BCUT2D eigenvalue weighted by molar-refractivity contribution is 5.92. The van der Waals surface area contributed by atoms with Crippen molar-refractivity contribution in [1.29, 1.82) is 0 Å². The van der Waals surface area contributed by atoms with Crippen LogP contribution in [0.1, 0.15) is 36.7 Å². The van der Waals surface area contributed by atoms with E-state index < -0.39 is 5.97 Å². The molecule has 0 saturated heterocycles. The van der Waals surface area contributed by atoms with Gasteiger partial charge in [0, 0.05) is 12.7 Å². The Kier molecular flexibility index (Phi) is 4.22. The third-order valence-electron chi connectivity index (χ3n) is 2.82. The molecule has 2 heterocycles. The number of hydrogen-bond acceptors (Lipinski definition) is 4. The maximum Gasteiger partial charge on any atom is 0.358 e. The first-order valence-corrected chi connectivity index (χ1v) is 6.32. The van der Waals surface area contributed by atoms with Crippen LogP contribution in [0.4, 0.5) is 0 Å². The summed E-state index contributed by atoms with van der Waals surface area (Å²) in [5.41, 5.74) is 1.01. The molecule has 0 aliphatic carbocycles. The van der Waals surface area contributed by atoms with Crippen molar-refractivity contribution in [2.45, 2.75) is 32.7 Å². The van der Waals surface area contributed by atoms with E-state index in [2.05, 4.69) is 22.2 Å². The van der Waals surface area contributed by atoms with Gasteiger partial charge in [-0.15, -0.1) is 5.10 Å². The van der Waals surface area contributed by atoms with Gasteiger partial charge in [-0.1, -0.05) is 31.0 Å². The molecule has 6 nitrogen and oxygen atoms in total. The molecule has 0 aliphatic heterocycles. The van der Waals surface area contributed by atoms with Crippen LogP contribution in [0.2, 0.25) is 0 Å². The summed E-state index contributed by atoms with van der Waals surface area (Å²) in [5.74, 6) is -1.08. The molecule has 0 saturated carbocycles. The SMILES string of the molecule is CCCCCn1nnc(C(=O)O)c1-c1ccccn1. The molecular weight excluding hydrogens is 244 g/mol. The summed E-state index contributed by atoms with van der Waals surface area (Å²) < 4.78 is 1.63. The van der Waals surface area contributed by atoms with Gasteiger partial charge < -0.3 is 5.11 Å². The number of pyridine rings is 1. The Bertz CT molecular complexity index is 551. The van der Waals surface area contributed by atoms with Crippen molar-refractivity contribution < 1.29 is 9.90 Å². The number of rotatable bonds is 6. The van der Waals surface area contributed by atoms with Gasteiger partial charge in [0.15, 0.2) is 5.69 Å². The fourth-order valence-electron chi connectivity index (χ4n) is 1.88. The lowest BCUT2D eigenvalue weighted by molar-refractivity contribution is 0.0691. The lowest BCUT2D eigenvalue weighted by Gasteiger charge is -2.05. The third-order valence-corrected chi connectivity index (χ3v) is 2.82. The quantitative estimate of drug-likeness (QED) is 0.805. The minimum Gasteiger partial charge on any atom is -0.476 e. The average Bonchev–Trinajstić information content (AvgIpc) is 2.84. The molecule has 0 unspecified atom stereocenters. The fraction of sp³-hybridized carbons (Fsp3) is 0.385. The van der Waals surface area contributed by atoms with E-state index in [0.717, 1.165) is 19.3 Å². The average molecular weight is 260 g/mol. The maximum absolute atomic E-state index is 11.2. The third kappa shape index (κ3) is 2.96. The van der Waals surface area contributed by atoms with Gasteiger partial charge in [0.1, 0.15) is 5.69 Å². The second-order valence-electron chi connectivity index (χ2n) is 4.24. The molecule has 0 aromatic carbocycles. The molecule has 0 spiro atoms. The largest absolute Gasteiger partial charge is 0.476 e. The van der Waals surface area contributed by atoms with E-state index in [1.54, 1.807) is 23.0 Å². The summed E-state index contributed by atoms with van der Waals surface area (Å²) in [6, 6.07) is 5.37. The Morgan fingerprint density at radius 3 is 2.84 bits per heavy atom. The Morgan fingerprint density at radius 2 is 2.21 bits per heavy atom. The van der Waals surface area contributed by atoms with Gasteiger partial charge in [0.05, 0.1) is 5.69 Å². The molecule has 2 rings (SSSR count). The lowest BCUT2D eigenvalue weighted by Crippen LogP contribution is -2.06. The number of aryl methyl sites for hydroxylation is 1. The van der Waals surface area contributed by atoms with E-state index in [0.29, 0.717) is 17.9 Å². The summed E-state index contributed by atoms with van der Waals surface area (Å²) >= 11 is 0. The molecule has 1 N–H and O–H groups in total. The first kappa shape index (κ1) is 13.2. The van der Waals surface area contributed by atoms with Crippen LogP contribution in [-0.2, 0) is 6.54 Å². The highest BCUT2D eigenvalue weighted by Gasteiger charge is 2.20. The van der Waals surface area contributed by atoms with Gasteiger partial charge in [0.2, 0.25) is 0 Å². The monoisotopic (exact) mass is 260 g/mol. The molecule has 100 valence electrons. The smallest absolute Gasteiger partial charge is 0.358 e. The van der Waals surface area contributed by atoms with Gasteiger partial charge in [-0.3, -0.25) is 4.98 Å². The molecule has 0 atom stereocenters. The van der Waals surface area contributed by atoms with Crippen LogP contribution in [0.25, 0.3) is 11.4 Å². The van der Waals surface area contributed by atoms with Gasteiger partial charge in [-0.25, -0.2) is 9.48 Å². The van der Waals surface area contributed by atoms with Gasteiger partial charge >= 0.3 is 5.97 Å². The van der Waals surface area contributed by atoms with Crippen molar-refractivity contribution in [3.8, 4) is 11.4 Å². The van der Waals surface area contributed by atoms with Crippen LogP contribution < -0.4 is 0 Å². The van der Waals surface area contributed by atoms with Gasteiger partial charge in [-0.05, 0) is 18.6 Å². The normalized spacial score (nSPS) is 10.6. The number of nitrogens with zero attached hydrogens (tertiary/aromatic N) is 4. The van der Waals surface area contributed by atoms with E-state index in [4.69, 9.17) is 5.11 Å². The standard InChI is InChI=1S/C13H16N4O2/c1-2-3-6-9-17-12(10-7-4-5-8-14-10)11(13(18)19)15-16-17/h4-5,7-8H,2-3,6,9H2,1H3,(H,18,19). The number of hydrogen-bond donors (Lipinski definition) is 1. The Balaban J connectivity index is 2.37. The Hall–Kier alpha value is -2.24. The molecule has 19 heavy (non-hydrogen) atoms. The number of carbonyl (C=O) groups is 1. The summed E-state index contributed by atoms with van der Waals surface area (Å²) in [6.07, 6.45) is 4.74. The second-order valence-corrected chi connectivity index (χ2v) is 4.24. The van der Waals surface area contributed by atoms with E-state index in [9.17, 15) is 4.79 Å². The zero-order valence-electron chi connectivity index (χ0n) is 10.8. The van der Waals surface area contributed by atoms with E-state index >= 15 is 0 Å². The second kappa shape index (κ2) is 6.08. The van der Waals surface area contributed by atoms with E-state index in [1.165, 1.54) is 0 Å². The lowest BCUT2D eigenvalue weighted by atomic mass is 10.2. The maximum atomic E-state index is 11.2. The minimum atomic E-state index is -1.08. The highest BCUT2D eigenvalue weighted by atomic mass is 16.4. The van der Waals surface area contributed by atoms with Crippen molar-refractivity contribution in [2.24, 2.45) is 0 Å². The summed E-state index contributed by atoms with van der Waals surface area (Å²) in [5, 5.41) is 16.8. The zero-order chi connectivity index (χ0) is 13.7. The fourth-order valence-corrected chi connectivity index (χ4v) is 1.88. The van der Waals surface area contributed by atoms with E-state index in [1.807, 2.05) is 6.07 Å². The zero-order valence-corrected chi connectivity index (χ0v) is 10.8. The van der Waals surface area contributed by atoms with Crippen molar-refractivity contribution in [3.05, 3.63) is 30.1 Å². The van der Waals surface area contributed by atoms with Gasteiger partial charge in [-0.2, -0.15) is 0 Å². The van der Waals surface area contributed by atoms with Crippen molar-refractivity contribution in [3.63, 3.8) is 0 Å². The Morgan fingerprint density at radius 1 is 1.37 bits per heavy atom. The highest BCUT2D eigenvalue weighted by Crippen LogP contribution is 2.20. The van der Waals surface area contributed by atoms with Gasteiger partial charge in [0.25, 0.3) is 0 Å². The number of carboxylic acid groups (broad SMARTS) is 1. The number of carboxylic acids is 1. The van der Waals surface area contributed by atoms with Crippen molar-refractivity contribution in [1.82, 2.24) is 20.0 Å². The summed E-state index contributed by atoms with van der Waals surface area (Å²) in [7, 11) is 0. The molecule has 0 aliphatic rings. The predicted octanol–water partition coefficient (Wildman–Crippen LogP) is 2.23. The van der Waals surface area contributed by atoms with Crippen LogP contribution in [0.3, 0.4) is 0 Å². The van der Waals surface area contributed by atoms with Crippen molar-refractivity contribution >= 4 is 5.97 Å². The van der Waals surface area contributed by atoms with Crippen LogP contribution in [-0.4, -0.2) is 31.1 Å². The topological polar surface area (TPSA) is 80.9 Å². The summed E-state index contributed by atoms with van der Waals surface area (Å²) in [6.45, 7) is 2.77. The first-order chi connectivity index (χ1) is 9.24. The molecule has 2 aromatic heterocycles. The number of unbranched alkanes of at least 4 members (excludes halogenated alkanes) is 2. The number of aromatic nitrogens is 4. The minimum absolute atomic E-state index is 0.0461. The molecule has 6 heteroatoms. The van der Waals surface area contributed by atoms with Crippen LogP contribution in [0.5, 0.6) is 0 Å². The Labute approximate surface area is 111 Å². The van der Waals surface area contributed by atoms with Crippen molar-refractivity contribution in [2.75, 3.05) is 0 Å². The molecule has 0 bridgehead atoms. The van der Waals surface area contributed by atoms with Crippen LogP contribution in [0, 0.1) is 0 Å². The molecule has 0 amide bonds. The first-order valence-electron chi connectivity index (χ1n) is 6.32. The number of aromatic carboxylic acids is 1. The summed E-state index contributed by atoms with van der Waals surface area (Å²) in [4.78, 5) is 15.4. The molecular formula is C13H16N4O2. The van der Waals surface area contributed by atoms with Crippen LogP contribution >= 0.6 is 0 Å². The molecule has 2 aromatic rings. The predicted molar refractivity (Wildman–Crippen MR) is 69.7 cm³/mol. The molecule has 0 radical (unpaired) electrons.